The summed E-state index contributed by atoms with van der Waals surface area (Å²) >= 11 is 5.86. The van der Waals surface area contributed by atoms with Crippen molar-refractivity contribution in [3.63, 3.8) is 0 Å². The van der Waals surface area contributed by atoms with Crippen molar-refractivity contribution >= 4 is 11.6 Å². The fourth-order valence-corrected chi connectivity index (χ4v) is 1.67. The van der Waals surface area contributed by atoms with Crippen molar-refractivity contribution in [2.45, 2.75) is 5.88 Å². The minimum Gasteiger partial charge on any atom is -0.264 e. The monoisotopic (exact) mass is 203 g/mol. The van der Waals surface area contributed by atoms with Gasteiger partial charge in [0.2, 0.25) is 0 Å². The van der Waals surface area contributed by atoms with Crippen LogP contribution < -0.4 is 0 Å². The second-order valence-corrected chi connectivity index (χ2v) is 3.30. The van der Waals surface area contributed by atoms with Crippen LogP contribution in [0.2, 0.25) is 0 Å². The lowest BCUT2D eigenvalue weighted by Crippen LogP contribution is -1.85. The molecular formula is C12H10ClN. The zero-order chi connectivity index (χ0) is 9.80. The molecule has 70 valence electrons. The Balaban J connectivity index is 2.51. The average molecular weight is 204 g/mol. The summed E-state index contributed by atoms with van der Waals surface area (Å²) in [4.78, 5) is 4.09. The van der Waals surface area contributed by atoms with Gasteiger partial charge in [0.15, 0.2) is 0 Å². The molecule has 0 fully saturated rings. The summed E-state index contributed by atoms with van der Waals surface area (Å²) in [6.07, 6.45) is 3.62. The van der Waals surface area contributed by atoms with Gasteiger partial charge in [-0.05, 0) is 17.2 Å². The van der Waals surface area contributed by atoms with Gasteiger partial charge in [0.25, 0.3) is 0 Å². The topological polar surface area (TPSA) is 12.9 Å². The summed E-state index contributed by atoms with van der Waals surface area (Å²) in [7, 11) is 0. The van der Waals surface area contributed by atoms with E-state index < -0.39 is 0 Å². The highest BCUT2D eigenvalue weighted by atomic mass is 35.5. The largest absolute Gasteiger partial charge is 0.264 e. The first-order chi connectivity index (χ1) is 6.92. The molecule has 0 aliphatic rings. The van der Waals surface area contributed by atoms with Crippen molar-refractivity contribution < 1.29 is 0 Å². The fraction of sp³-hybridized carbons (Fsp3) is 0.0833. The number of hydrogen-bond donors (Lipinski definition) is 0. The summed E-state index contributed by atoms with van der Waals surface area (Å²) in [6, 6.07) is 12.1. The van der Waals surface area contributed by atoms with E-state index in [-0.39, 0.29) is 0 Å². The van der Waals surface area contributed by atoms with E-state index in [2.05, 4.69) is 11.1 Å². The maximum absolute atomic E-state index is 5.86. The van der Waals surface area contributed by atoms with Crippen LogP contribution in [0.4, 0.5) is 0 Å². The van der Waals surface area contributed by atoms with Crippen LogP contribution in [-0.4, -0.2) is 4.98 Å². The predicted octanol–water partition coefficient (Wildman–Crippen LogP) is 3.49. The molecule has 1 aromatic heterocycles. The molecule has 0 unspecified atom stereocenters. The number of nitrogens with zero attached hydrogens (tertiary/aromatic N) is 1. The quantitative estimate of drug-likeness (QED) is 0.681. The number of alkyl halides is 1. The van der Waals surface area contributed by atoms with Crippen LogP contribution in [0.25, 0.3) is 11.1 Å². The van der Waals surface area contributed by atoms with Crippen LogP contribution in [0.3, 0.4) is 0 Å². The molecule has 1 aromatic carbocycles. The van der Waals surface area contributed by atoms with Gasteiger partial charge in [0.1, 0.15) is 0 Å². The third-order valence-corrected chi connectivity index (χ3v) is 2.42. The Morgan fingerprint density at radius 2 is 1.93 bits per heavy atom. The van der Waals surface area contributed by atoms with Gasteiger partial charge < -0.3 is 0 Å². The number of benzene rings is 1. The lowest BCUT2D eigenvalue weighted by Gasteiger charge is -2.05. The van der Waals surface area contributed by atoms with E-state index in [1.165, 1.54) is 0 Å². The van der Waals surface area contributed by atoms with Crippen LogP contribution in [0.5, 0.6) is 0 Å². The number of aromatic nitrogens is 1. The SMILES string of the molecule is ClCc1ccccc1-c1cccnc1. The Hall–Kier alpha value is -1.34. The normalized spacial score (nSPS) is 10.1. The van der Waals surface area contributed by atoms with E-state index in [9.17, 15) is 0 Å². The fourth-order valence-electron chi connectivity index (χ4n) is 1.44. The molecule has 1 heterocycles. The van der Waals surface area contributed by atoms with Crippen LogP contribution in [0.15, 0.2) is 48.8 Å². The van der Waals surface area contributed by atoms with Gasteiger partial charge in [0.05, 0.1) is 0 Å². The van der Waals surface area contributed by atoms with Gasteiger partial charge in [-0.25, -0.2) is 0 Å². The molecule has 2 rings (SSSR count). The molecule has 0 radical (unpaired) electrons. The van der Waals surface area contributed by atoms with Crippen molar-refractivity contribution in [2.75, 3.05) is 0 Å². The molecule has 0 saturated carbocycles. The predicted molar refractivity (Wildman–Crippen MR) is 59.2 cm³/mol. The highest BCUT2D eigenvalue weighted by molar-refractivity contribution is 6.17. The van der Waals surface area contributed by atoms with E-state index in [0.29, 0.717) is 5.88 Å². The number of hydrogen-bond acceptors (Lipinski definition) is 1. The molecule has 0 atom stereocenters. The molecule has 0 amide bonds. The zero-order valence-electron chi connectivity index (χ0n) is 7.65. The first-order valence-corrected chi connectivity index (χ1v) is 4.99. The lowest BCUT2D eigenvalue weighted by molar-refractivity contribution is 1.31. The summed E-state index contributed by atoms with van der Waals surface area (Å²) in [5.41, 5.74) is 3.42. The molecule has 0 spiro atoms. The second-order valence-electron chi connectivity index (χ2n) is 3.03. The molecule has 0 bridgehead atoms. The third-order valence-electron chi connectivity index (χ3n) is 2.13. The Bertz CT molecular complexity index is 412. The highest BCUT2D eigenvalue weighted by Crippen LogP contribution is 2.23. The van der Waals surface area contributed by atoms with Crippen molar-refractivity contribution in [3.05, 3.63) is 54.4 Å². The molecule has 2 heteroatoms. The molecule has 0 aliphatic heterocycles. The van der Waals surface area contributed by atoms with Crippen molar-refractivity contribution in [1.82, 2.24) is 4.98 Å². The standard InChI is InChI=1S/C12H10ClN/c13-8-10-4-1-2-6-12(10)11-5-3-7-14-9-11/h1-7,9H,8H2. The first-order valence-electron chi connectivity index (χ1n) is 4.46. The van der Waals surface area contributed by atoms with E-state index in [0.717, 1.165) is 16.7 Å². The minimum atomic E-state index is 0.533. The van der Waals surface area contributed by atoms with E-state index in [1.54, 1.807) is 6.20 Å². The first kappa shape index (κ1) is 9.22. The van der Waals surface area contributed by atoms with Gasteiger partial charge in [-0.2, -0.15) is 0 Å². The van der Waals surface area contributed by atoms with Gasteiger partial charge in [-0.1, -0.05) is 30.3 Å². The molecule has 0 aliphatic carbocycles. The maximum Gasteiger partial charge on any atom is 0.0480 e. The second kappa shape index (κ2) is 4.25. The van der Waals surface area contributed by atoms with Crippen molar-refractivity contribution in [3.8, 4) is 11.1 Å². The highest BCUT2D eigenvalue weighted by Gasteiger charge is 2.02. The number of rotatable bonds is 2. The molecule has 1 nitrogen and oxygen atoms in total. The average Bonchev–Trinajstić information content (AvgIpc) is 2.30. The molecule has 2 aromatic rings. The van der Waals surface area contributed by atoms with Crippen molar-refractivity contribution in [2.24, 2.45) is 0 Å². The summed E-state index contributed by atoms with van der Waals surface area (Å²) < 4.78 is 0. The van der Waals surface area contributed by atoms with E-state index >= 15 is 0 Å². The summed E-state index contributed by atoms with van der Waals surface area (Å²) in [6.45, 7) is 0. The minimum absolute atomic E-state index is 0.533. The van der Waals surface area contributed by atoms with Crippen LogP contribution in [0, 0.1) is 0 Å². The van der Waals surface area contributed by atoms with Crippen LogP contribution >= 0.6 is 11.6 Å². The Kier molecular flexibility index (Phi) is 2.80. The Morgan fingerprint density at radius 3 is 2.64 bits per heavy atom. The molecular weight excluding hydrogens is 194 g/mol. The maximum atomic E-state index is 5.86. The molecule has 14 heavy (non-hydrogen) atoms. The third kappa shape index (κ3) is 1.78. The molecule has 0 saturated heterocycles. The summed E-state index contributed by atoms with van der Waals surface area (Å²) in [5, 5.41) is 0. The Morgan fingerprint density at radius 1 is 1.07 bits per heavy atom. The van der Waals surface area contributed by atoms with Crippen LogP contribution in [-0.2, 0) is 5.88 Å². The molecule has 0 N–H and O–H groups in total. The van der Waals surface area contributed by atoms with E-state index in [4.69, 9.17) is 11.6 Å². The van der Waals surface area contributed by atoms with Crippen molar-refractivity contribution in [1.29, 1.82) is 0 Å². The number of pyridine rings is 1. The zero-order valence-corrected chi connectivity index (χ0v) is 8.41. The van der Waals surface area contributed by atoms with Gasteiger partial charge in [-0.15, -0.1) is 11.6 Å². The van der Waals surface area contributed by atoms with Gasteiger partial charge in [0, 0.05) is 23.8 Å². The van der Waals surface area contributed by atoms with E-state index in [1.807, 2.05) is 36.5 Å². The van der Waals surface area contributed by atoms with Gasteiger partial charge in [-0.3, -0.25) is 4.98 Å². The summed E-state index contributed by atoms with van der Waals surface area (Å²) in [5.74, 6) is 0.533. The van der Waals surface area contributed by atoms with Gasteiger partial charge >= 0.3 is 0 Å². The smallest absolute Gasteiger partial charge is 0.0480 e. The van der Waals surface area contributed by atoms with Crippen LogP contribution in [0.1, 0.15) is 5.56 Å². The lowest BCUT2D eigenvalue weighted by atomic mass is 10.0. The Labute approximate surface area is 88.4 Å². The number of halogens is 1.